The van der Waals surface area contributed by atoms with Crippen LogP contribution in [0.1, 0.15) is 19.5 Å². The van der Waals surface area contributed by atoms with Gasteiger partial charge in [-0.15, -0.1) is 0 Å². The zero-order valence-electron chi connectivity index (χ0n) is 18.9. The van der Waals surface area contributed by atoms with Crippen LogP contribution < -0.4 is 10.6 Å². The summed E-state index contributed by atoms with van der Waals surface area (Å²) in [5, 5.41) is 14.6. The molecule has 2 aromatic carbocycles. The van der Waals surface area contributed by atoms with Crippen molar-refractivity contribution < 1.29 is 13.2 Å². The van der Waals surface area contributed by atoms with E-state index in [1.54, 1.807) is 50.4 Å². The SMILES string of the molecule is COC(C)(C)CS(=O)(=O)c1ccccc1Nc1nccc(Nc2ccc3c(C)n[nH]c3c2)n1. The number of H-pyrrole nitrogens is 1. The molecular formula is C23H26N6O3S. The third-order valence-corrected chi connectivity index (χ3v) is 7.34. The maximum atomic E-state index is 13.1. The Morgan fingerprint density at radius 2 is 1.88 bits per heavy atom. The van der Waals surface area contributed by atoms with E-state index in [9.17, 15) is 8.42 Å². The van der Waals surface area contributed by atoms with Crippen LogP contribution >= 0.6 is 0 Å². The summed E-state index contributed by atoms with van der Waals surface area (Å²) in [6.07, 6.45) is 1.60. The molecule has 0 atom stereocenters. The first-order valence-corrected chi connectivity index (χ1v) is 12.0. The molecule has 0 aliphatic rings. The highest BCUT2D eigenvalue weighted by Crippen LogP contribution is 2.28. The van der Waals surface area contributed by atoms with Gasteiger partial charge in [0.15, 0.2) is 9.84 Å². The summed E-state index contributed by atoms with van der Waals surface area (Å²) in [6, 6.07) is 14.3. The lowest BCUT2D eigenvalue weighted by atomic mass is 10.2. The average Bonchev–Trinajstić information content (AvgIpc) is 3.14. The molecule has 0 aliphatic carbocycles. The molecule has 172 valence electrons. The van der Waals surface area contributed by atoms with Gasteiger partial charge in [0.05, 0.1) is 33.1 Å². The Morgan fingerprint density at radius 1 is 1.09 bits per heavy atom. The molecule has 0 amide bonds. The lowest BCUT2D eigenvalue weighted by molar-refractivity contribution is 0.0426. The highest BCUT2D eigenvalue weighted by Gasteiger charge is 2.29. The van der Waals surface area contributed by atoms with Crippen LogP contribution in [0.2, 0.25) is 0 Å². The molecule has 4 rings (SSSR count). The van der Waals surface area contributed by atoms with E-state index in [-0.39, 0.29) is 16.6 Å². The molecule has 0 fully saturated rings. The fourth-order valence-electron chi connectivity index (χ4n) is 3.43. The van der Waals surface area contributed by atoms with Crippen molar-refractivity contribution in [3.63, 3.8) is 0 Å². The van der Waals surface area contributed by atoms with Gasteiger partial charge in [-0.1, -0.05) is 12.1 Å². The number of benzene rings is 2. The zero-order valence-corrected chi connectivity index (χ0v) is 19.7. The molecule has 0 saturated heterocycles. The number of sulfone groups is 1. The first-order chi connectivity index (χ1) is 15.7. The third kappa shape index (κ3) is 5.12. The molecule has 0 bridgehead atoms. The molecule has 2 aromatic heterocycles. The largest absolute Gasteiger partial charge is 0.378 e. The van der Waals surface area contributed by atoms with Crippen LogP contribution in [-0.2, 0) is 14.6 Å². The van der Waals surface area contributed by atoms with E-state index in [4.69, 9.17) is 4.74 Å². The summed E-state index contributed by atoms with van der Waals surface area (Å²) >= 11 is 0. The van der Waals surface area contributed by atoms with Crippen molar-refractivity contribution in [1.29, 1.82) is 0 Å². The predicted molar refractivity (Wildman–Crippen MR) is 129 cm³/mol. The van der Waals surface area contributed by atoms with E-state index in [0.717, 1.165) is 22.3 Å². The fourth-order valence-corrected chi connectivity index (χ4v) is 5.36. The topological polar surface area (TPSA) is 122 Å². The first-order valence-electron chi connectivity index (χ1n) is 10.4. The quantitative estimate of drug-likeness (QED) is 0.350. The molecule has 0 spiro atoms. The monoisotopic (exact) mass is 466 g/mol. The number of fused-ring (bicyclic) bond motifs is 1. The summed E-state index contributed by atoms with van der Waals surface area (Å²) in [4.78, 5) is 8.89. The van der Waals surface area contributed by atoms with Crippen LogP contribution in [0, 0.1) is 6.92 Å². The number of aromatic amines is 1. The lowest BCUT2D eigenvalue weighted by Crippen LogP contribution is -2.32. The predicted octanol–water partition coefficient (Wildman–Crippen LogP) is 4.35. The maximum absolute atomic E-state index is 13.1. The number of nitrogens with one attached hydrogen (secondary N) is 3. The molecule has 10 heteroatoms. The van der Waals surface area contributed by atoms with E-state index < -0.39 is 15.4 Å². The molecular weight excluding hydrogens is 440 g/mol. The van der Waals surface area contributed by atoms with Crippen molar-refractivity contribution in [3.8, 4) is 0 Å². The van der Waals surface area contributed by atoms with Gasteiger partial charge >= 0.3 is 0 Å². The molecule has 33 heavy (non-hydrogen) atoms. The number of anilines is 4. The van der Waals surface area contributed by atoms with E-state index in [1.807, 2.05) is 25.1 Å². The van der Waals surface area contributed by atoms with E-state index in [0.29, 0.717) is 11.5 Å². The number of hydrogen-bond donors (Lipinski definition) is 3. The number of ether oxygens (including phenoxy) is 1. The zero-order chi connectivity index (χ0) is 23.6. The van der Waals surface area contributed by atoms with Gasteiger partial charge in [-0.05, 0) is 57.2 Å². The number of aromatic nitrogens is 4. The normalized spacial score (nSPS) is 12.1. The van der Waals surface area contributed by atoms with Gasteiger partial charge in [-0.25, -0.2) is 13.4 Å². The summed E-state index contributed by atoms with van der Waals surface area (Å²) in [5.74, 6) is 0.670. The van der Waals surface area contributed by atoms with Crippen LogP contribution in [0.4, 0.5) is 23.1 Å². The molecule has 0 aliphatic heterocycles. The lowest BCUT2D eigenvalue weighted by Gasteiger charge is -2.23. The Morgan fingerprint density at radius 3 is 2.67 bits per heavy atom. The van der Waals surface area contributed by atoms with Gasteiger partial charge in [0.1, 0.15) is 5.82 Å². The highest BCUT2D eigenvalue weighted by atomic mass is 32.2. The number of methoxy groups -OCH3 is 1. The summed E-state index contributed by atoms with van der Waals surface area (Å²) in [6.45, 7) is 5.42. The van der Waals surface area contributed by atoms with Gasteiger partial charge < -0.3 is 15.4 Å². The molecule has 0 unspecified atom stereocenters. The Bertz CT molecular complexity index is 1400. The highest BCUT2D eigenvalue weighted by molar-refractivity contribution is 7.91. The van der Waals surface area contributed by atoms with Crippen molar-refractivity contribution in [2.24, 2.45) is 0 Å². The smallest absolute Gasteiger partial charge is 0.229 e. The summed E-state index contributed by atoms with van der Waals surface area (Å²) in [5.41, 5.74) is 2.27. The Balaban J connectivity index is 1.57. The van der Waals surface area contributed by atoms with Crippen molar-refractivity contribution >= 4 is 43.9 Å². The van der Waals surface area contributed by atoms with Gasteiger partial charge in [-0.3, -0.25) is 5.10 Å². The van der Waals surface area contributed by atoms with Crippen LogP contribution in [0.25, 0.3) is 10.9 Å². The minimum Gasteiger partial charge on any atom is -0.378 e. The molecule has 3 N–H and O–H groups in total. The molecule has 0 radical (unpaired) electrons. The Labute approximate surface area is 192 Å². The fraction of sp³-hybridized carbons (Fsp3) is 0.261. The molecule has 4 aromatic rings. The standard InChI is InChI=1S/C23H26N6O3S/c1-15-17-10-9-16(13-19(17)29-28-15)25-21-11-12-24-22(27-21)26-18-7-5-6-8-20(18)33(30,31)14-23(2,3)32-4/h5-13H,14H2,1-4H3,(H,28,29)(H2,24,25,26,27). The van der Waals surface area contributed by atoms with Crippen molar-refractivity contribution in [3.05, 3.63) is 60.4 Å². The van der Waals surface area contributed by atoms with Gasteiger partial charge in [0, 0.05) is 24.4 Å². The van der Waals surface area contributed by atoms with E-state index in [2.05, 4.69) is 30.8 Å². The van der Waals surface area contributed by atoms with Gasteiger partial charge in [0.25, 0.3) is 0 Å². The first kappa shape index (κ1) is 22.7. The van der Waals surface area contributed by atoms with Gasteiger partial charge in [-0.2, -0.15) is 10.1 Å². The molecule has 9 nitrogen and oxygen atoms in total. The second-order valence-electron chi connectivity index (χ2n) is 8.30. The van der Waals surface area contributed by atoms with Gasteiger partial charge in [0.2, 0.25) is 5.95 Å². The molecule has 0 saturated carbocycles. The maximum Gasteiger partial charge on any atom is 0.229 e. The van der Waals surface area contributed by atoms with Crippen LogP contribution in [0.3, 0.4) is 0 Å². The van der Waals surface area contributed by atoms with Crippen molar-refractivity contribution in [2.45, 2.75) is 31.3 Å². The van der Waals surface area contributed by atoms with Crippen LogP contribution in [-0.4, -0.2) is 47.0 Å². The third-order valence-electron chi connectivity index (χ3n) is 5.24. The minimum atomic E-state index is -3.63. The Kier molecular flexibility index (Phi) is 6.05. The van der Waals surface area contributed by atoms with Crippen LogP contribution in [0.5, 0.6) is 0 Å². The minimum absolute atomic E-state index is 0.160. The van der Waals surface area contributed by atoms with Crippen molar-refractivity contribution in [1.82, 2.24) is 20.2 Å². The second kappa shape index (κ2) is 8.80. The second-order valence-corrected chi connectivity index (χ2v) is 10.3. The Hall–Kier alpha value is -3.50. The number of para-hydroxylation sites is 1. The van der Waals surface area contributed by atoms with E-state index >= 15 is 0 Å². The summed E-state index contributed by atoms with van der Waals surface area (Å²) in [7, 11) is -2.13. The number of aryl methyl sites for hydroxylation is 1. The molecule has 2 heterocycles. The number of rotatable bonds is 8. The average molecular weight is 467 g/mol. The number of nitrogens with zero attached hydrogens (tertiary/aromatic N) is 3. The van der Waals surface area contributed by atoms with Crippen LogP contribution in [0.15, 0.2) is 59.6 Å². The summed E-state index contributed by atoms with van der Waals surface area (Å²) < 4.78 is 31.4. The van der Waals surface area contributed by atoms with Crippen molar-refractivity contribution in [2.75, 3.05) is 23.5 Å². The van der Waals surface area contributed by atoms with E-state index in [1.165, 1.54) is 7.11 Å². The number of hydrogen-bond acceptors (Lipinski definition) is 8.